The molecule has 0 aliphatic rings. The summed E-state index contributed by atoms with van der Waals surface area (Å²) in [6, 6.07) is 5.93. The van der Waals surface area contributed by atoms with Gasteiger partial charge in [-0.2, -0.15) is 0 Å². The van der Waals surface area contributed by atoms with Crippen molar-refractivity contribution in [3.63, 3.8) is 0 Å². The summed E-state index contributed by atoms with van der Waals surface area (Å²) in [7, 11) is 3.25. The van der Waals surface area contributed by atoms with Crippen LogP contribution in [0.3, 0.4) is 0 Å². The Bertz CT molecular complexity index is 930. The Hall–Kier alpha value is -2.87. The number of likely N-dealkylation sites (N-methyl/N-ethyl adjacent to an activating group) is 1. The number of rotatable bonds is 7. The number of aromatic nitrogens is 2. The Kier molecular flexibility index (Phi) is 5.99. The Labute approximate surface area is 151 Å². The summed E-state index contributed by atoms with van der Waals surface area (Å²) in [5.74, 6) is -0.603. The molecular weight excluding hydrogens is 336 g/mol. The van der Waals surface area contributed by atoms with Gasteiger partial charge < -0.3 is 15.4 Å². The molecular formula is C18H24N4O4. The predicted octanol–water partition coefficient (Wildman–Crippen LogP) is 0.701. The molecule has 2 rings (SSSR count). The van der Waals surface area contributed by atoms with E-state index in [1.807, 2.05) is 32.0 Å². The van der Waals surface area contributed by atoms with E-state index in [1.165, 1.54) is 7.11 Å². The number of benzene rings is 1. The Morgan fingerprint density at radius 1 is 1.31 bits per heavy atom. The van der Waals surface area contributed by atoms with Gasteiger partial charge in [-0.1, -0.05) is 12.1 Å². The number of carbonyl (C=O) groups is 1. The van der Waals surface area contributed by atoms with E-state index < -0.39 is 17.0 Å². The van der Waals surface area contributed by atoms with Gasteiger partial charge in [0, 0.05) is 19.8 Å². The monoisotopic (exact) mass is 360 g/mol. The van der Waals surface area contributed by atoms with Crippen LogP contribution in [0.15, 0.2) is 27.8 Å². The maximum atomic E-state index is 12.7. The number of nitrogen functional groups attached to an aromatic ring is 1. The first kappa shape index (κ1) is 19.5. The van der Waals surface area contributed by atoms with Crippen molar-refractivity contribution in [3.05, 3.63) is 55.7 Å². The molecule has 0 fully saturated rings. The number of carbonyl (C=O) groups excluding carboxylic acids is 1. The summed E-state index contributed by atoms with van der Waals surface area (Å²) < 4.78 is 6.07. The van der Waals surface area contributed by atoms with Gasteiger partial charge in [0.1, 0.15) is 11.4 Å². The number of hydrogen-bond acceptors (Lipinski definition) is 6. The van der Waals surface area contributed by atoms with E-state index in [2.05, 4.69) is 4.98 Å². The standard InChI is InChI=1S/C18H24N4O4/c1-11-5-6-12(2)13(9-11)21(3)10-14(23)15-16(19)22(7-8-26-4)18(25)20-17(15)24/h5-6,9H,7-8,10,19H2,1-4H3,(H,20,24,25). The summed E-state index contributed by atoms with van der Waals surface area (Å²) in [6.07, 6.45) is 0. The molecule has 0 aliphatic heterocycles. The maximum Gasteiger partial charge on any atom is 0.330 e. The molecule has 1 aromatic carbocycles. The van der Waals surface area contributed by atoms with Crippen molar-refractivity contribution in [2.75, 3.05) is 37.9 Å². The fourth-order valence-electron chi connectivity index (χ4n) is 2.77. The van der Waals surface area contributed by atoms with Crippen molar-refractivity contribution >= 4 is 17.3 Å². The highest BCUT2D eigenvalue weighted by Gasteiger charge is 2.21. The number of anilines is 2. The summed E-state index contributed by atoms with van der Waals surface area (Å²) in [4.78, 5) is 40.7. The molecule has 0 amide bonds. The normalized spacial score (nSPS) is 10.8. The van der Waals surface area contributed by atoms with Crippen LogP contribution in [-0.4, -0.2) is 42.6 Å². The fraction of sp³-hybridized carbons (Fsp3) is 0.389. The lowest BCUT2D eigenvalue weighted by Crippen LogP contribution is -2.39. The number of methoxy groups -OCH3 is 1. The van der Waals surface area contributed by atoms with Gasteiger partial charge in [-0.05, 0) is 31.0 Å². The van der Waals surface area contributed by atoms with Gasteiger partial charge in [0.05, 0.1) is 19.7 Å². The molecule has 8 nitrogen and oxygen atoms in total. The Morgan fingerprint density at radius 2 is 2.00 bits per heavy atom. The molecule has 2 aromatic rings. The Balaban J connectivity index is 2.36. The molecule has 1 heterocycles. The minimum atomic E-state index is -0.777. The first-order valence-corrected chi connectivity index (χ1v) is 8.19. The van der Waals surface area contributed by atoms with Crippen LogP contribution in [0.5, 0.6) is 0 Å². The van der Waals surface area contributed by atoms with E-state index >= 15 is 0 Å². The van der Waals surface area contributed by atoms with Crippen LogP contribution in [0, 0.1) is 13.8 Å². The van der Waals surface area contributed by atoms with Crippen molar-refractivity contribution in [1.82, 2.24) is 9.55 Å². The predicted molar refractivity (Wildman–Crippen MR) is 101 cm³/mol. The average Bonchev–Trinajstić information content (AvgIpc) is 2.56. The zero-order valence-corrected chi connectivity index (χ0v) is 15.5. The number of aromatic amines is 1. The molecule has 0 saturated heterocycles. The summed E-state index contributed by atoms with van der Waals surface area (Å²) in [5, 5.41) is 0. The zero-order chi connectivity index (χ0) is 19.4. The third kappa shape index (κ3) is 4.02. The highest BCUT2D eigenvalue weighted by molar-refractivity contribution is 6.02. The maximum absolute atomic E-state index is 12.7. The number of ether oxygens (including phenoxy) is 1. The number of H-pyrrole nitrogens is 1. The van der Waals surface area contributed by atoms with Crippen molar-refractivity contribution in [1.29, 1.82) is 0 Å². The van der Waals surface area contributed by atoms with Crippen LogP contribution in [0.4, 0.5) is 11.5 Å². The molecule has 0 aliphatic carbocycles. The van der Waals surface area contributed by atoms with E-state index in [9.17, 15) is 14.4 Å². The molecule has 26 heavy (non-hydrogen) atoms. The topological polar surface area (TPSA) is 110 Å². The molecule has 3 N–H and O–H groups in total. The minimum absolute atomic E-state index is 0.0416. The summed E-state index contributed by atoms with van der Waals surface area (Å²) in [5.41, 5.74) is 7.26. The minimum Gasteiger partial charge on any atom is -0.384 e. The van der Waals surface area contributed by atoms with Crippen LogP contribution < -0.4 is 21.9 Å². The third-order valence-corrected chi connectivity index (χ3v) is 4.19. The molecule has 0 saturated carbocycles. The van der Waals surface area contributed by atoms with Crippen LogP contribution >= 0.6 is 0 Å². The lowest BCUT2D eigenvalue weighted by molar-refractivity contribution is 0.0998. The highest BCUT2D eigenvalue weighted by atomic mass is 16.5. The average molecular weight is 360 g/mol. The quantitative estimate of drug-likeness (QED) is 0.703. The number of hydrogen-bond donors (Lipinski definition) is 2. The van der Waals surface area contributed by atoms with Crippen LogP contribution in [0.25, 0.3) is 0 Å². The number of Topliss-reactive ketones (excluding diaryl/α,β-unsaturated/α-hetero) is 1. The van der Waals surface area contributed by atoms with Gasteiger partial charge in [-0.25, -0.2) is 4.79 Å². The molecule has 0 unspecified atom stereocenters. The van der Waals surface area contributed by atoms with E-state index in [0.29, 0.717) is 0 Å². The van der Waals surface area contributed by atoms with Crippen LogP contribution in [-0.2, 0) is 11.3 Å². The molecule has 0 spiro atoms. The third-order valence-electron chi connectivity index (χ3n) is 4.19. The van der Waals surface area contributed by atoms with Crippen molar-refractivity contribution in [2.24, 2.45) is 0 Å². The summed E-state index contributed by atoms with van der Waals surface area (Å²) in [6.45, 7) is 4.24. The van der Waals surface area contributed by atoms with E-state index in [-0.39, 0.29) is 31.1 Å². The molecule has 0 bridgehead atoms. The largest absolute Gasteiger partial charge is 0.384 e. The number of nitrogens with one attached hydrogen (secondary N) is 1. The van der Waals surface area contributed by atoms with Gasteiger partial charge >= 0.3 is 5.69 Å². The van der Waals surface area contributed by atoms with Crippen molar-refractivity contribution in [3.8, 4) is 0 Å². The summed E-state index contributed by atoms with van der Waals surface area (Å²) >= 11 is 0. The van der Waals surface area contributed by atoms with Crippen molar-refractivity contribution in [2.45, 2.75) is 20.4 Å². The van der Waals surface area contributed by atoms with E-state index in [0.717, 1.165) is 21.4 Å². The number of nitrogens with two attached hydrogens (primary N) is 1. The van der Waals surface area contributed by atoms with E-state index in [1.54, 1.807) is 11.9 Å². The van der Waals surface area contributed by atoms with E-state index in [4.69, 9.17) is 10.5 Å². The van der Waals surface area contributed by atoms with Gasteiger partial charge in [0.15, 0.2) is 5.78 Å². The highest BCUT2D eigenvalue weighted by Crippen LogP contribution is 2.20. The second kappa shape index (κ2) is 8.01. The van der Waals surface area contributed by atoms with Gasteiger partial charge in [0.2, 0.25) is 0 Å². The second-order valence-corrected chi connectivity index (χ2v) is 6.23. The van der Waals surface area contributed by atoms with Gasteiger partial charge in [-0.15, -0.1) is 0 Å². The van der Waals surface area contributed by atoms with Gasteiger partial charge in [0.25, 0.3) is 5.56 Å². The Morgan fingerprint density at radius 3 is 2.65 bits per heavy atom. The first-order valence-electron chi connectivity index (χ1n) is 8.19. The number of aryl methyl sites for hydroxylation is 2. The molecule has 140 valence electrons. The molecule has 8 heteroatoms. The number of ketones is 1. The lowest BCUT2D eigenvalue weighted by Gasteiger charge is -2.21. The van der Waals surface area contributed by atoms with Gasteiger partial charge in [-0.3, -0.25) is 19.1 Å². The van der Waals surface area contributed by atoms with Crippen LogP contribution in [0.1, 0.15) is 21.5 Å². The molecule has 1 aromatic heterocycles. The molecule has 0 radical (unpaired) electrons. The fourth-order valence-corrected chi connectivity index (χ4v) is 2.77. The smallest absolute Gasteiger partial charge is 0.330 e. The lowest BCUT2D eigenvalue weighted by atomic mass is 10.1. The second-order valence-electron chi connectivity index (χ2n) is 6.23. The number of nitrogens with zero attached hydrogens (tertiary/aromatic N) is 2. The van der Waals surface area contributed by atoms with Crippen LogP contribution in [0.2, 0.25) is 0 Å². The zero-order valence-electron chi connectivity index (χ0n) is 15.5. The van der Waals surface area contributed by atoms with Crippen molar-refractivity contribution < 1.29 is 9.53 Å². The molecule has 0 atom stereocenters. The first-order chi connectivity index (χ1) is 12.3. The SMILES string of the molecule is COCCn1c(N)c(C(=O)CN(C)c2cc(C)ccc2C)c(=O)[nH]c1=O.